The molecule has 0 unspecified atom stereocenters. The lowest BCUT2D eigenvalue weighted by Gasteiger charge is -2.19. The molecular formula is C22H23NO6. The molecule has 1 amide bonds. The molecule has 0 spiro atoms. The zero-order valence-electron chi connectivity index (χ0n) is 16.3. The highest BCUT2D eigenvalue weighted by atomic mass is 16.6. The van der Waals surface area contributed by atoms with Gasteiger partial charge in [-0.05, 0) is 49.8 Å². The number of anilines is 1. The van der Waals surface area contributed by atoms with Gasteiger partial charge in [-0.15, -0.1) is 0 Å². The van der Waals surface area contributed by atoms with Crippen molar-refractivity contribution >= 4 is 23.6 Å². The van der Waals surface area contributed by atoms with Crippen LogP contribution in [-0.4, -0.2) is 37.8 Å². The minimum Gasteiger partial charge on any atom is -0.494 e. The van der Waals surface area contributed by atoms with Crippen LogP contribution in [0.4, 0.5) is 5.69 Å². The molecule has 0 bridgehead atoms. The van der Waals surface area contributed by atoms with E-state index in [-0.39, 0.29) is 0 Å². The van der Waals surface area contributed by atoms with Gasteiger partial charge in [-0.1, -0.05) is 12.1 Å². The Morgan fingerprint density at radius 3 is 2.55 bits per heavy atom. The van der Waals surface area contributed by atoms with Crippen LogP contribution >= 0.6 is 0 Å². The van der Waals surface area contributed by atoms with Crippen molar-refractivity contribution in [2.45, 2.75) is 20.0 Å². The van der Waals surface area contributed by atoms with Crippen molar-refractivity contribution in [3.8, 4) is 17.2 Å². The van der Waals surface area contributed by atoms with E-state index in [0.717, 1.165) is 11.3 Å². The van der Waals surface area contributed by atoms with Gasteiger partial charge in [0.25, 0.3) is 5.91 Å². The maximum atomic E-state index is 12.3. The average molecular weight is 397 g/mol. The fourth-order valence-corrected chi connectivity index (χ4v) is 2.64. The summed E-state index contributed by atoms with van der Waals surface area (Å²) in [6.45, 7) is 4.97. The van der Waals surface area contributed by atoms with E-state index >= 15 is 0 Å². The molecule has 1 aliphatic heterocycles. The van der Waals surface area contributed by atoms with E-state index < -0.39 is 18.0 Å². The van der Waals surface area contributed by atoms with E-state index in [1.165, 1.54) is 13.0 Å². The third-order valence-corrected chi connectivity index (χ3v) is 4.07. The maximum Gasteiger partial charge on any atom is 0.331 e. The predicted octanol–water partition coefficient (Wildman–Crippen LogP) is 3.44. The van der Waals surface area contributed by atoms with Crippen LogP contribution in [0, 0.1) is 0 Å². The number of ether oxygens (including phenoxy) is 4. The Balaban J connectivity index is 1.51. The summed E-state index contributed by atoms with van der Waals surface area (Å²) in [7, 11) is 0. The van der Waals surface area contributed by atoms with Gasteiger partial charge in [-0.3, -0.25) is 4.79 Å². The van der Waals surface area contributed by atoms with Crippen molar-refractivity contribution in [2.75, 3.05) is 25.1 Å². The number of hydrogen-bond donors (Lipinski definition) is 1. The molecule has 0 aliphatic carbocycles. The summed E-state index contributed by atoms with van der Waals surface area (Å²) in [5.74, 6) is 0.912. The van der Waals surface area contributed by atoms with Crippen molar-refractivity contribution < 1.29 is 28.5 Å². The van der Waals surface area contributed by atoms with Crippen LogP contribution < -0.4 is 19.5 Å². The van der Waals surface area contributed by atoms with E-state index in [0.29, 0.717) is 37.0 Å². The molecule has 2 aromatic rings. The van der Waals surface area contributed by atoms with Crippen LogP contribution in [0.2, 0.25) is 0 Å². The number of benzene rings is 2. The second-order valence-electron chi connectivity index (χ2n) is 6.26. The van der Waals surface area contributed by atoms with Crippen LogP contribution in [0.15, 0.2) is 48.5 Å². The number of fused-ring (bicyclic) bond motifs is 1. The molecule has 7 heteroatoms. The maximum absolute atomic E-state index is 12.3. The van der Waals surface area contributed by atoms with Gasteiger partial charge >= 0.3 is 5.97 Å². The molecule has 0 fully saturated rings. The summed E-state index contributed by atoms with van der Waals surface area (Å²) in [5.41, 5.74) is 1.35. The molecule has 1 aliphatic rings. The third-order valence-electron chi connectivity index (χ3n) is 4.07. The molecular weight excluding hydrogens is 374 g/mol. The second-order valence-corrected chi connectivity index (χ2v) is 6.26. The Labute approximate surface area is 169 Å². The van der Waals surface area contributed by atoms with Gasteiger partial charge in [0, 0.05) is 17.8 Å². The monoisotopic (exact) mass is 397 g/mol. The zero-order valence-corrected chi connectivity index (χ0v) is 16.3. The van der Waals surface area contributed by atoms with Gasteiger partial charge in [0.2, 0.25) is 0 Å². The van der Waals surface area contributed by atoms with Crippen LogP contribution in [0.5, 0.6) is 17.2 Å². The summed E-state index contributed by atoms with van der Waals surface area (Å²) in [6, 6.07) is 12.4. The molecule has 0 radical (unpaired) electrons. The van der Waals surface area contributed by atoms with E-state index in [1.807, 2.05) is 31.2 Å². The molecule has 3 rings (SSSR count). The first-order valence-electron chi connectivity index (χ1n) is 9.37. The molecule has 1 atom stereocenters. The van der Waals surface area contributed by atoms with Crippen molar-refractivity contribution in [3.05, 3.63) is 54.1 Å². The van der Waals surface area contributed by atoms with Crippen molar-refractivity contribution in [1.82, 2.24) is 0 Å². The van der Waals surface area contributed by atoms with Gasteiger partial charge in [0.1, 0.15) is 19.0 Å². The fraction of sp³-hybridized carbons (Fsp3) is 0.273. The number of carbonyl (C=O) groups excluding carboxylic acids is 2. The van der Waals surface area contributed by atoms with E-state index in [9.17, 15) is 9.59 Å². The molecule has 1 N–H and O–H groups in total. The first-order chi connectivity index (χ1) is 14.0. The molecule has 29 heavy (non-hydrogen) atoms. The quantitative estimate of drug-likeness (QED) is 0.569. The Morgan fingerprint density at radius 1 is 1.10 bits per heavy atom. The van der Waals surface area contributed by atoms with Gasteiger partial charge in [-0.25, -0.2) is 4.79 Å². The molecule has 1 heterocycles. The Bertz CT molecular complexity index is 891. The minimum absolute atomic E-state index is 0.440. The highest BCUT2D eigenvalue weighted by molar-refractivity contribution is 5.96. The van der Waals surface area contributed by atoms with Crippen LogP contribution in [0.3, 0.4) is 0 Å². The number of carbonyl (C=O) groups is 2. The fourth-order valence-electron chi connectivity index (χ4n) is 2.64. The van der Waals surface area contributed by atoms with Crippen molar-refractivity contribution in [2.24, 2.45) is 0 Å². The molecule has 0 aromatic heterocycles. The SMILES string of the molecule is CCOc1ccc(/C=C/C(=O)O[C@H](C)C(=O)Nc2ccc3c(c2)OCCO3)cc1. The highest BCUT2D eigenvalue weighted by Gasteiger charge is 2.18. The number of rotatable bonds is 7. The summed E-state index contributed by atoms with van der Waals surface area (Å²) in [5, 5.41) is 2.70. The van der Waals surface area contributed by atoms with Crippen LogP contribution in [0.1, 0.15) is 19.4 Å². The van der Waals surface area contributed by atoms with Crippen LogP contribution in [0.25, 0.3) is 6.08 Å². The number of nitrogens with one attached hydrogen (secondary N) is 1. The molecule has 0 saturated carbocycles. The van der Waals surface area contributed by atoms with Crippen molar-refractivity contribution in [1.29, 1.82) is 0 Å². The average Bonchev–Trinajstić information content (AvgIpc) is 2.73. The second kappa shape index (κ2) is 9.64. The number of amides is 1. The van der Waals surface area contributed by atoms with Gasteiger partial charge in [-0.2, -0.15) is 0 Å². The Hall–Kier alpha value is -3.48. The topological polar surface area (TPSA) is 83.1 Å². The normalized spacial score (nSPS) is 13.6. The lowest BCUT2D eigenvalue weighted by Crippen LogP contribution is -2.29. The largest absolute Gasteiger partial charge is 0.494 e. The summed E-state index contributed by atoms with van der Waals surface area (Å²) >= 11 is 0. The Kier molecular flexibility index (Phi) is 6.73. The Morgan fingerprint density at radius 2 is 1.83 bits per heavy atom. The molecule has 2 aromatic carbocycles. The smallest absolute Gasteiger partial charge is 0.331 e. The molecule has 152 valence electrons. The van der Waals surface area contributed by atoms with Crippen LogP contribution in [-0.2, 0) is 14.3 Å². The van der Waals surface area contributed by atoms with Gasteiger partial charge < -0.3 is 24.3 Å². The first kappa shape index (κ1) is 20.3. The lowest BCUT2D eigenvalue weighted by atomic mass is 10.2. The molecule has 7 nitrogen and oxygen atoms in total. The van der Waals surface area contributed by atoms with E-state index in [4.69, 9.17) is 18.9 Å². The summed E-state index contributed by atoms with van der Waals surface area (Å²) in [6.07, 6.45) is 1.94. The lowest BCUT2D eigenvalue weighted by molar-refractivity contribution is -0.148. The first-order valence-corrected chi connectivity index (χ1v) is 9.37. The van der Waals surface area contributed by atoms with Gasteiger partial charge in [0.15, 0.2) is 17.6 Å². The number of esters is 1. The van der Waals surface area contributed by atoms with Gasteiger partial charge in [0.05, 0.1) is 6.61 Å². The highest BCUT2D eigenvalue weighted by Crippen LogP contribution is 2.32. The zero-order chi connectivity index (χ0) is 20.6. The minimum atomic E-state index is -0.958. The standard InChI is InChI=1S/C22H23NO6/c1-3-26-18-8-4-16(5-9-18)6-11-21(24)29-15(2)22(25)23-17-7-10-19-20(14-17)28-13-12-27-19/h4-11,14-15H,3,12-13H2,1-2H3,(H,23,25)/b11-6+/t15-/m1/s1. The third kappa shape index (κ3) is 5.75. The molecule has 0 saturated heterocycles. The predicted molar refractivity (Wildman–Crippen MR) is 108 cm³/mol. The van der Waals surface area contributed by atoms with E-state index in [2.05, 4.69) is 5.32 Å². The summed E-state index contributed by atoms with van der Waals surface area (Å²) < 4.78 is 21.5. The summed E-state index contributed by atoms with van der Waals surface area (Å²) in [4.78, 5) is 24.3. The van der Waals surface area contributed by atoms with Crippen molar-refractivity contribution in [3.63, 3.8) is 0 Å². The number of hydrogen-bond acceptors (Lipinski definition) is 6. The van der Waals surface area contributed by atoms with E-state index in [1.54, 1.807) is 24.3 Å².